The van der Waals surface area contributed by atoms with Crippen LogP contribution in [-0.4, -0.2) is 21.3 Å². The Morgan fingerprint density at radius 3 is 2.24 bits per heavy atom. The molecule has 0 heterocycles. The molecule has 1 aromatic carbocycles. The van der Waals surface area contributed by atoms with Gasteiger partial charge in [0.2, 0.25) is 5.75 Å². The van der Waals surface area contributed by atoms with Crippen molar-refractivity contribution < 1.29 is 14.2 Å². The number of benzene rings is 1. The van der Waals surface area contributed by atoms with Gasteiger partial charge < -0.3 is 14.2 Å². The fourth-order valence-electron chi connectivity index (χ4n) is 2.50. The summed E-state index contributed by atoms with van der Waals surface area (Å²) in [6, 6.07) is 3.90. The highest BCUT2D eigenvalue weighted by atomic mass is 16.5. The first-order chi connectivity index (χ1) is 10.2. The molecular formula is C16H28N2O3. The van der Waals surface area contributed by atoms with Crippen molar-refractivity contribution in [3.8, 4) is 17.2 Å². The number of hydrogen-bond acceptors (Lipinski definition) is 5. The molecule has 120 valence electrons. The lowest BCUT2D eigenvalue weighted by molar-refractivity contribution is 0.318. The van der Waals surface area contributed by atoms with Crippen molar-refractivity contribution in [3.63, 3.8) is 0 Å². The highest BCUT2D eigenvalue weighted by Crippen LogP contribution is 2.42. The van der Waals surface area contributed by atoms with Crippen molar-refractivity contribution in [2.24, 2.45) is 5.84 Å². The van der Waals surface area contributed by atoms with Crippen LogP contribution in [0, 0.1) is 0 Å². The minimum absolute atomic E-state index is 0.0385. The van der Waals surface area contributed by atoms with Crippen LogP contribution in [0.2, 0.25) is 0 Å². The van der Waals surface area contributed by atoms with E-state index in [-0.39, 0.29) is 6.04 Å². The highest BCUT2D eigenvalue weighted by molar-refractivity contribution is 5.56. The number of unbranched alkanes of at least 4 members (excludes halogenated alkanes) is 3. The lowest BCUT2D eigenvalue weighted by atomic mass is 9.99. The second-order valence-corrected chi connectivity index (χ2v) is 4.99. The number of methoxy groups -OCH3 is 3. The van der Waals surface area contributed by atoms with Gasteiger partial charge in [0.25, 0.3) is 0 Å². The Labute approximate surface area is 127 Å². The quantitative estimate of drug-likeness (QED) is 0.394. The lowest BCUT2D eigenvalue weighted by Gasteiger charge is -2.22. The second-order valence-electron chi connectivity index (χ2n) is 4.99. The first kappa shape index (κ1) is 17.6. The summed E-state index contributed by atoms with van der Waals surface area (Å²) in [6.45, 7) is 2.20. The van der Waals surface area contributed by atoms with E-state index in [9.17, 15) is 0 Å². The number of nitrogens with one attached hydrogen (secondary N) is 1. The van der Waals surface area contributed by atoms with Crippen LogP contribution in [0.3, 0.4) is 0 Å². The molecule has 21 heavy (non-hydrogen) atoms. The maximum atomic E-state index is 5.73. The fourth-order valence-corrected chi connectivity index (χ4v) is 2.50. The van der Waals surface area contributed by atoms with Gasteiger partial charge in [-0.3, -0.25) is 11.3 Å². The van der Waals surface area contributed by atoms with Crippen molar-refractivity contribution in [3.05, 3.63) is 17.7 Å². The van der Waals surface area contributed by atoms with Crippen LogP contribution in [0.4, 0.5) is 0 Å². The van der Waals surface area contributed by atoms with E-state index in [1.807, 2.05) is 12.1 Å². The first-order valence-electron chi connectivity index (χ1n) is 7.48. The van der Waals surface area contributed by atoms with Crippen molar-refractivity contribution in [1.29, 1.82) is 0 Å². The van der Waals surface area contributed by atoms with E-state index in [0.29, 0.717) is 17.2 Å². The molecule has 3 N–H and O–H groups in total. The molecule has 1 unspecified atom stereocenters. The van der Waals surface area contributed by atoms with Crippen molar-refractivity contribution in [2.45, 2.75) is 45.1 Å². The average molecular weight is 296 g/mol. The molecule has 0 fully saturated rings. The van der Waals surface area contributed by atoms with E-state index in [0.717, 1.165) is 18.4 Å². The Bertz CT molecular complexity index is 424. The Kier molecular flexibility index (Phi) is 7.93. The Hall–Kier alpha value is -1.46. The van der Waals surface area contributed by atoms with Crippen LogP contribution in [0.25, 0.3) is 0 Å². The molecule has 0 saturated carbocycles. The van der Waals surface area contributed by atoms with E-state index in [2.05, 4.69) is 12.3 Å². The molecule has 0 radical (unpaired) electrons. The SMILES string of the molecule is CCCCCCC(NN)c1ccc(OC)c(OC)c1OC. The number of nitrogens with two attached hydrogens (primary N) is 1. The third-order valence-electron chi connectivity index (χ3n) is 3.66. The average Bonchev–Trinajstić information content (AvgIpc) is 2.53. The standard InChI is InChI=1S/C16H28N2O3/c1-5-6-7-8-9-13(18-17)12-10-11-14(19-2)16(21-4)15(12)20-3/h10-11,13,18H,5-9,17H2,1-4H3. The second kappa shape index (κ2) is 9.47. The van der Waals surface area contributed by atoms with E-state index in [1.54, 1.807) is 21.3 Å². The predicted octanol–water partition coefficient (Wildman–Crippen LogP) is 3.19. The highest BCUT2D eigenvalue weighted by Gasteiger charge is 2.21. The summed E-state index contributed by atoms with van der Waals surface area (Å²) < 4.78 is 16.2. The van der Waals surface area contributed by atoms with Crippen LogP contribution >= 0.6 is 0 Å². The van der Waals surface area contributed by atoms with E-state index >= 15 is 0 Å². The molecule has 0 aromatic heterocycles. The molecule has 1 rings (SSSR count). The molecule has 0 aliphatic rings. The smallest absolute Gasteiger partial charge is 0.203 e. The lowest BCUT2D eigenvalue weighted by Crippen LogP contribution is -2.28. The zero-order valence-corrected chi connectivity index (χ0v) is 13.6. The van der Waals surface area contributed by atoms with Gasteiger partial charge in [-0.15, -0.1) is 0 Å². The number of rotatable bonds is 10. The summed E-state index contributed by atoms with van der Waals surface area (Å²) in [5.74, 6) is 7.66. The molecular weight excluding hydrogens is 268 g/mol. The summed E-state index contributed by atoms with van der Waals surface area (Å²) >= 11 is 0. The van der Waals surface area contributed by atoms with Crippen molar-refractivity contribution in [2.75, 3.05) is 21.3 Å². The number of hydrazine groups is 1. The van der Waals surface area contributed by atoms with Gasteiger partial charge in [0.1, 0.15) is 0 Å². The number of hydrogen-bond donors (Lipinski definition) is 2. The maximum Gasteiger partial charge on any atom is 0.203 e. The minimum Gasteiger partial charge on any atom is -0.493 e. The van der Waals surface area contributed by atoms with Gasteiger partial charge in [-0.05, 0) is 18.6 Å². The molecule has 1 aromatic rings. The molecule has 0 aliphatic heterocycles. The van der Waals surface area contributed by atoms with Gasteiger partial charge in [0.15, 0.2) is 11.5 Å². The largest absolute Gasteiger partial charge is 0.493 e. The maximum absolute atomic E-state index is 5.73. The van der Waals surface area contributed by atoms with Gasteiger partial charge >= 0.3 is 0 Å². The zero-order valence-electron chi connectivity index (χ0n) is 13.6. The van der Waals surface area contributed by atoms with Crippen LogP contribution in [0.1, 0.15) is 50.6 Å². The molecule has 1 atom stereocenters. The topological polar surface area (TPSA) is 65.7 Å². The van der Waals surface area contributed by atoms with Gasteiger partial charge in [0.05, 0.1) is 21.3 Å². The Morgan fingerprint density at radius 2 is 1.71 bits per heavy atom. The third-order valence-corrected chi connectivity index (χ3v) is 3.66. The molecule has 0 aliphatic carbocycles. The van der Waals surface area contributed by atoms with Gasteiger partial charge in [-0.25, -0.2) is 0 Å². The van der Waals surface area contributed by atoms with Gasteiger partial charge in [-0.1, -0.05) is 32.6 Å². The minimum atomic E-state index is 0.0385. The summed E-state index contributed by atoms with van der Waals surface area (Å²) in [4.78, 5) is 0. The molecule has 0 spiro atoms. The van der Waals surface area contributed by atoms with Crippen LogP contribution in [-0.2, 0) is 0 Å². The van der Waals surface area contributed by atoms with Crippen molar-refractivity contribution >= 4 is 0 Å². The third kappa shape index (κ3) is 4.51. The summed E-state index contributed by atoms with van der Waals surface area (Å²) in [7, 11) is 4.85. The molecule has 0 bridgehead atoms. The van der Waals surface area contributed by atoms with Gasteiger partial charge in [-0.2, -0.15) is 0 Å². The van der Waals surface area contributed by atoms with Crippen LogP contribution < -0.4 is 25.5 Å². The van der Waals surface area contributed by atoms with E-state index in [4.69, 9.17) is 20.1 Å². The molecule has 5 nitrogen and oxygen atoms in total. The Balaban J connectivity index is 2.97. The predicted molar refractivity (Wildman–Crippen MR) is 84.9 cm³/mol. The fraction of sp³-hybridized carbons (Fsp3) is 0.625. The normalized spacial score (nSPS) is 12.0. The summed E-state index contributed by atoms with van der Waals surface area (Å²) in [6.07, 6.45) is 5.77. The van der Waals surface area contributed by atoms with Crippen molar-refractivity contribution in [1.82, 2.24) is 5.43 Å². The molecule has 5 heteroatoms. The Morgan fingerprint density at radius 1 is 1.00 bits per heavy atom. The van der Waals surface area contributed by atoms with Gasteiger partial charge in [0, 0.05) is 11.6 Å². The molecule has 0 saturated heterocycles. The van der Waals surface area contributed by atoms with Crippen LogP contribution in [0.5, 0.6) is 17.2 Å². The summed E-state index contributed by atoms with van der Waals surface area (Å²) in [5.41, 5.74) is 3.88. The first-order valence-corrected chi connectivity index (χ1v) is 7.48. The van der Waals surface area contributed by atoms with Crippen LogP contribution in [0.15, 0.2) is 12.1 Å². The summed E-state index contributed by atoms with van der Waals surface area (Å²) in [5, 5.41) is 0. The molecule has 0 amide bonds. The monoisotopic (exact) mass is 296 g/mol. The zero-order chi connectivity index (χ0) is 15.7. The van der Waals surface area contributed by atoms with E-state index < -0.39 is 0 Å². The van der Waals surface area contributed by atoms with E-state index in [1.165, 1.54) is 19.3 Å². The number of ether oxygens (including phenoxy) is 3.